The second kappa shape index (κ2) is 6.62. The first-order valence-corrected chi connectivity index (χ1v) is 6.45. The molecule has 8 heteroatoms. The number of hydrogen-bond donors (Lipinski definition) is 4. The lowest BCUT2D eigenvalue weighted by Gasteiger charge is -2.06. The summed E-state index contributed by atoms with van der Waals surface area (Å²) in [6.07, 6.45) is 1.29. The lowest BCUT2D eigenvalue weighted by atomic mass is 10.2. The van der Waals surface area contributed by atoms with Gasteiger partial charge in [-0.15, -0.1) is 0 Å². The van der Waals surface area contributed by atoms with Crippen LogP contribution in [-0.4, -0.2) is 21.3 Å². The smallest absolute Gasteiger partial charge is 0.325 e. The summed E-state index contributed by atoms with van der Waals surface area (Å²) in [5.74, 6) is 0. The molecule has 2 rings (SSSR count). The van der Waals surface area contributed by atoms with E-state index in [9.17, 15) is 9.59 Å². The molecule has 1 aromatic carbocycles. The molecule has 4 N–H and O–H groups in total. The number of para-hydroxylation sites is 1. The fourth-order valence-electron chi connectivity index (χ4n) is 1.60. The minimum absolute atomic E-state index is 0.254. The fourth-order valence-corrected chi connectivity index (χ4v) is 1.77. The van der Waals surface area contributed by atoms with Gasteiger partial charge in [-0.3, -0.25) is 15.2 Å². The van der Waals surface area contributed by atoms with Crippen LogP contribution in [0, 0.1) is 6.92 Å². The first-order valence-electron chi connectivity index (χ1n) is 6.04. The SMILES string of the molecule is Cc1[nH]c(=O)[nH]c(=O)c1/C=N/NC(=S)Nc1ccccc1. The number of aromatic amines is 2. The quantitative estimate of drug-likeness (QED) is 0.380. The molecular weight excluding hydrogens is 290 g/mol. The molecule has 0 saturated carbocycles. The standard InChI is InChI=1S/C13H13N5O2S/c1-8-10(11(19)17-12(20)15-8)7-14-18-13(21)16-9-5-3-2-4-6-9/h2-7H,1H3,(H2,16,18,21)(H2,15,17,19,20)/b14-7+. The summed E-state index contributed by atoms with van der Waals surface area (Å²) < 4.78 is 0. The summed E-state index contributed by atoms with van der Waals surface area (Å²) in [6.45, 7) is 1.61. The zero-order valence-electron chi connectivity index (χ0n) is 11.1. The molecule has 0 bridgehead atoms. The van der Waals surface area contributed by atoms with Crippen molar-refractivity contribution in [2.24, 2.45) is 5.10 Å². The molecule has 2 aromatic rings. The number of thiocarbonyl (C=S) groups is 1. The van der Waals surface area contributed by atoms with Gasteiger partial charge in [0.25, 0.3) is 5.56 Å². The summed E-state index contributed by atoms with van der Waals surface area (Å²) in [5.41, 5.74) is 3.04. The van der Waals surface area contributed by atoms with Crippen molar-refractivity contribution in [1.82, 2.24) is 15.4 Å². The molecule has 0 spiro atoms. The molecule has 1 heterocycles. The van der Waals surface area contributed by atoms with Crippen molar-refractivity contribution in [3.05, 3.63) is 62.4 Å². The number of H-pyrrole nitrogens is 2. The highest BCUT2D eigenvalue weighted by atomic mass is 32.1. The average Bonchev–Trinajstić information content (AvgIpc) is 2.42. The lowest BCUT2D eigenvalue weighted by molar-refractivity contribution is 0.981. The maximum atomic E-state index is 11.6. The zero-order chi connectivity index (χ0) is 15.2. The van der Waals surface area contributed by atoms with Gasteiger partial charge in [0.15, 0.2) is 5.11 Å². The molecule has 0 unspecified atom stereocenters. The van der Waals surface area contributed by atoms with E-state index in [4.69, 9.17) is 12.2 Å². The highest BCUT2D eigenvalue weighted by Crippen LogP contribution is 2.04. The van der Waals surface area contributed by atoms with E-state index in [1.54, 1.807) is 6.92 Å². The lowest BCUT2D eigenvalue weighted by Crippen LogP contribution is -2.28. The van der Waals surface area contributed by atoms with E-state index < -0.39 is 11.2 Å². The van der Waals surface area contributed by atoms with Gasteiger partial charge in [0.1, 0.15) is 0 Å². The van der Waals surface area contributed by atoms with E-state index in [1.165, 1.54) is 6.21 Å². The van der Waals surface area contributed by atoms with Crippen LogP contribution in [0.1, 0.15) is 11.3 Å². The molecule has 1 aromatic heterocycles. The fraction of sp³-hybridized carbons (Fsp3) is 0.0769. The van der Waals surface area contributed by atoms with E-state index in [2.05, 4.69) is 25.8 Å². The van der Waals surface area contributed by atoms with Crippen LogP contribution in [0.15, 0.2) is 45.0 Å². The number of aromatic nitrogens is 2. The van der Waals surface area contributed by atoms with Gasteiger partial charge in [0.05, 0.1) is 11.8 Å². The minimum Gasteiger partial charge on any atom is -0.331 e. The molecule has 7 nitrogen and oxygen atoms in total. The molecule has 0 saturated heterocycles. The number of nitrogens with one attached hydrogen (secondary N) is 4. The van der Waals surface area contributed by atoms with Gasteiger partial charge < -0.3 is 10.3 Å². The Hall–Kier alpha value is -2.74. The van der Waals surface area contributed by atoms with Crippen molar-refractivity contribution < 1.29 is 0 Å². The Morgan fingerprint density at radius 2 is 1.95 bits per heavy atom. The van der Waals surface area contributed by atoms with Crippen LogP contribution in [0.4, 0.5) is 5.69 Å². The van der Waals surface area contributed by atoms with E-state index >= 15 is 0 Å². The summed E-state index contributed by atoms with van der Waals surface area (Å²) in [4.78, 5) is 27.2. The van der Waals surface area contributed by atoms with Crippen LogP contribution in [-0.2, 0) is 0 Å². The largest absolute Gasteiger partial charge is 0.331 e. The van der Waals surface area contributed by atoms with Crippen LogP contribution in [0.25, 0.3) is 0 Å². The van der Waals surface area contributed by atoms with Crippen LogP contribution >= 0.6 is 12.2 Å². The number of nitrogens with zero attached hydrogens (tertiary/aromatic N) is 1. The van der Waals surface area contributed by atoms with Crippen LogP contribution < -0.4 is 22.0 Å². The Labute approximate surface area is 125 Å². The van der Waals surface area contributed by atoms with Crippen molar-refractivity contribution in [2.45, 2.75) is 6.92 Å². The molecular formula is C13H13N5O2S. The maximum absolute atomic E-state index is 11.6. The molecule has 0 aliphatic heterocycles. The Balaban J connectivity index is 2.01. The number of aryl methyl sites for hydroxylation is 1. The number of anilines is 1. The molecule has 21 heavy (non-hydrogen) atoms. The third-order valence-corrected chi connectivity index (χ3v) is 2.76. The van der Waals surface area contributed by atoms with Crippen LogP contribution in [0.2, 0.25) is 0 Å². The molecule has 0 aliphatic rings. The number of hydrazone groups is 1. The topological polar surface area (TPSA) is 102 Å². The van der Waals surface area contributed by atoms with Crippen molar-refractivity contribution >= 4 is 29.2 Å². The van der Waals surface area contributed by atoms with Gasteiger partial charge in [0.2, 0.25) is 0 Å². The van der Waals surface area contributed by atoms with Crippen LogP contribution in [0.5, 0.6) is 0 Å². The maximum Gasteiger partial charge on any atom is 0.325 e. The minimum atomic E-state index is -0.552. The number of rotatable bonds is 3. The summed E-state index contributed by atoms with van der Waals surface area (Å²) in [5, 5.41) is 7.09. The molecule has 0 atom stereocenters. The normalized spacial score (nSPS) is 10.5. The predicted molar refractivity (Wildman–Crippen MR) is 85.8 cm³/mol. The molecule has 0 aliphatic carbocycles. The first kappa shape index (κ1) is 14.7. The molecule has 108 valence electrons. The highest BCUT2D eigenvalue weighted by molar-refractivity contribution is 7.80. The average molecular weight is 303 g/mol. The van der Waals surface area contributed by atoms with Gasteiger partial charge >= 0.3 is 5.69 Å². The molecule has 0 fully saturated rings. The molecule has 0 radical (unpaired) electrons. The van der Waals surface area contributed by atoms with Crippen molar-refractivity contribution in [2.75, 3.05) is 5.32 Å². The van der Waals surface area contributed by atoms with Gasteiger partial charge in [-0.05, 0) is 31.3 Å². The van der Waals surface area contributed by atoms with Crippen molar-refractivity contribution in [3.63, 3.8) is 0 Å². The Morgan fingerprint density at radius 3 is 2.62 bits per heavy atom. The third kappa shape index (κ3) is 4.11. The third-order valence-electron chi connectivity index (χ3n) is 2.57. The number of benzene rings is 1. The van der Waals surface area contributed by atoms with E-state index in [0.717, 1.165) is 5.69 Å². The van der Waals surface area contributed by atoms with Crippen LogP contribution in [0.3, 0.4) is 0 Å². The van der Waals surface area contributed by atoms with E-state index in [0.29, 0.717) is 5.69 Å². The van der Waals surface area contributed by atoms with E-state index in [-0.39, 0.29) is 10.7 Å². The second-order valence-corrected chi connectivity index (χ2v) is 4.55. The predicted octanol–water partition coefficient (Wildman–Crippen LogP) is 0.692. The highest BCUT2D eigenvalue weighted by Gasteiger charge is 2.02. The first-order chi connectivity index (χ1) is 10.1. The second-order valence-electron chi connectivity index (χ2n) is 4.14. The Kier molecular flexibility index (Phi) is 4.62. The monoisotopic (exact) mass is 303 g/mol. The van der Waals surface area contributed by atoms with Crippen molar-refractivity contribution in [1.29, 1.82) is 0 Å². The summed E-state index contributed by atoms with van der Waals surface area (Å²) in [7, 11) is 0. The van der Waals surface area contributed by atoms with Gasteiger partial charge in [0, 0.05) is 11.4 Å². The Morgan fingerprint density at radius 1 is 1.24 bits per heavy atom. The number of hydrogen-bond acceptors (Lipinski definition) is 4. The van der Waals surface area contributed by atoms with Gasteiger partial charge in [-0.25, -0.2) is 4.79 Å². The van der Waals surface area contributed by atoms with E-state index in [1.807, 2.05) is 30.3 Å². The Bertz CT molecular complexity index is 779. The summed E-state index contributed by atoms with van der Waals surface area (Å²) >= 11 is 5.06. The van der Waals surface area contributed by atoms with Gasteiger partial charge in [-0.1, -0.05) is 18.2 Å². The van der Waals surface area contributed by atoms with Gasteiger partial charge in [-0.2, -0.15) is 5.10 Å². The van der Waals surface area contributed by atoms with Crippen molar-refractivity contribution in [3.8, 4) is 0 Å². The zero-order valence-corrected chi connectivity index (χ0v) is 12.0. The molecule has 0 amide bonds. The summed E-state index contributed by atoms with van der Waals surface area (Å²) in [6, 6.07) is 9.35.